The summed E-state index contributed by atoms with van der Waals surface area (Å²) in [5.74, 6) is 0. The smallest absolute Gasteiger partial charge is 0.181 e. The minimum atomic E-state index is -0.240. The average molecular weight is 404 g/mol. The molecular formula is C9H12Br3N2O. The topological polar surface area (TPSA) is 27.1 Å². The van der Waals surface area contributed by atoms with Crippen LogP contribution in [0.25, 0.3) is 0 Å². The van der Waals surface area contributed by atoms with Gasteiger partial charge in [-0.2, -0.15) is 0 Å². The maximum absolute atomic E-state index is 5.73. The lowest BCUT2D eigenvalue weighted by molar-refractivity contribution is -0.0355. The van der Waals surface area contributed by atoms with Crippen molar-refractivity contribution in [1.82, 2.24) is 9.55 Å². The summed E-state index contributed by atoms with van der Waals surface area (Å²) in [4.78, 5) is 4.20. The molecular weight excluding hydrogens is 392 g/mol. The van der Waals surface area contributed by atoms with Crippen LogP contribution in [-0.4, -0.2) is 15.2 Å². The molecule has 0 aliphatic rings. The molecule has 1 radical (unpaired) electrons. The molecule has 0 N–H and O–H groups in total. The summed E-state index contributed by atoms with van der Waals surface area (Å²) in [5, 5.41) is 0. The van der Waals surface area contributed by atoms with Gasteiger partial charge in [-0.05, 0) is 68.1 Å². The Bertz CT molecular complexity index is 349. The van der Waals surface area contributed by atoms with Gasteiger partial charge in [0, 0.05) is 0 Å². The summed E-state index contributed by atoms with van der Waals surface area (Å²) in [5.41, 5.74) is -0.240. The van der Waals surface area contributed by atoms with E-state index in [0.29, 0.717) is 6.73 Å². The number of nitrogens with zero attached hydrogens (tertiary/aromatic N) is 2. The molecule has 0 unspecified atom stereocenters. The molecule has 0 amide bonds. The van der Waals surface area contributed by atoms with Crippen LogP contribution >= 0.6 is 47.8 Å². The number of imidazole rings is 1. The highest BCUT2D eigenvalue weighted by Crippen LogP contribution is 2.27. The van der Waals surface area contributed by atoms with Crippen LogP contribution in [0.4, 0.5) is 0 Å². The molecule has 0 atom stereocenters. The lowest BCUT2D eigenvalue weighted by Gasteiger charge is -2.23. The van der Waals surface area contributed by atoms with Crippen molar-refractivity contribution >= 4 is 47.8 Å². The normalized spacial score (nSPS) is 12.1. The lowest BCUT2D eigenvalue weighted by atomic mass is 10.1. The van der Waals surface area contributed by atoms with Gasteiger partial charge in [-0.25, -0.2) is 4.98 Å². The van der Waals surface area contributed by atoms with Crippen molar-refractivity contribution in [2.45, 2.75) is 33.1 Å². The van der Waals surface area contributed by atoms with Crippen molar-refractivity contribution in [3.05, 3.63) is 20.4 Å². The van der Waals surface area contributed by atoms with Gasteiger partial charge in [0.25, 0.3) is 0 Å². The molecule has 15 heavy (non-hydrogen) atoms. The molecule has 1 aromatic heterocycles. The second kappa shape index (κ2) is 5.29. The number of hydrogen-bond acceptors (Lipinski definition) is 2. The standard InChI is InChI=1S/C9H12Br3N2O/c1-4-9(2,3)15-5-14-7(11)6(10)13-8(14)12/h4H,5H2,1-3H3. The molecule has 0 saturated heterocycles. The monoisotopic (exact) mass is 401 g/mol. The Balaban J connectivity index is 2.73. The van der Waals surface area contributed by atoms with Crippen LogP contribution in [-0.2, 0) is 11.5 Å². The van der Waals surface area contributed by atoms with Crippen LogP contribution in [0.1, 0.15) is 20.8 Å². The van der Waals surface area contributed by atoms with Gasteiger partial charge in [0.15, 0.2) is 4.73 Å². The van der Waals surface area contributed by atoms with Crippen LogP contribution < -0.4 is 0 Å². The summed E-state index contributed by atoms with van der Waals surface area (Å²) < 4.78 is 9.96. The Morgan fingerprint density at radius 3 is 2.40 bits per heavy atom. The highest BCUT2D eigenvalue weighted by atomic mass is 79.9. The van der Waals surface area contributed by atoms with E-state index < -0.39 is 0 Å². The third-order valence-electron chi connectivity index (χ3n) is 2.08. The highest BCUT2D eigenvalue weighted by Gasteiger charge is 2.18. The summed E-state index contributed by atoms with van der Waals surface area (Å²) >= 11 is 10.1. The lowest BCUT2D eigenvalue weighted by Crippen LogP contribution is -2.25. The minimum absolute atomic E-state index is 0.240. The predicted octanol–water partition coefficient (Wildman–Crippen LogP) is 4.15. The molecule has 0 fully saturated rings. The summed E-state index contributed by atoms with van der Waals surface area (Å²) in [6.45, 7) is 6.45. The van der Waals surface area contributed by atoms with E-state index >= 15 is 0 Å². The Kier molecular flexibility index (Phi) is 4.83. The van der Waals surface area contributed by atoms with E-state index in [1.165, 1.54) is 0 Å². The third kappa shape index (κ3) is 3.54. The third-order valence-corrected chi connectivity index (χ3v) is 4.58. The molecule has 0 spiro atoms. The molecule has 1 heterocycles. The summed E-state index contributed by atoms with van der Waals surface area (Å²) in [7, 11) is 0. The first-order chi connectivity index (χ1) is 6.87. The van der Waals surface area contributed by atoms with Gasteiger partial charge in [-0.15, -0.1) is 0 Å². The van der Waals surface area contributed by atoms with Crippen molar-refractivity contribution in [2.75, 3.05) is 0 Å². The molecule has 0 aliphatic carbocycles. The van der Waals surface area contributed by atoms with Gasteiger partial charge in [-0.3, -0.25) is 4.57 Å². The van der Waals surface area contributed by atoms with Gasteiger partial charge in [0.1, 0.15) is 15.9 Å². The second-order valence-corrected chi connectivity index (χ2v) is 5.77. The fourth-order valence-corrected chi connectivity index (χ4v) is 2.48. The zero-order chi connectivity index (χ0) is 11.6. The fraction of sp³-hybridized carbons (Fsp3) is 0.556. The molecule has 6 heteroatoms. The van der Waals surface area contributed by atoms with Gasteiger partial charge in [0.05, 0.1) is 5.60 Å². The van der Waals surface area contributed by atoms with E-state index in [9.17, 15) is 0 Å². The van der Waals surface area contributed by atoms with Crippen LogP contribution in [0.2, 0.25) is 0 Å². The van der Waals surface area contributed by atoms with E-state index in [0.717, 1.165) is 13.9 Å². The highest BCUT2D eigenvalue weighted by molar-refractivity contribution is 9.13. The number of ether oxygens (including phenoxy) is 1. The first-order valence-electron chi connectivity index (χ1n) is 4.39. The Morgan fingerprint density at radius 2 is 2.00 bits per heavy atom. The maximum atomic E-state index is 5.73. The van der Waals surface area contributed by atoms with Crippen molar-refractivity contribution in [3.63, 3.8) is 0 Å². The molecule has 1 aromatic rings. The van der Waals surface area contributed by atoms with Gasteiger partial charge in [-0.1, -0.05) is 6.92 Å². The van der Waals surface area contributed by atoms with Crippen molar-refractivity contribution in [1.29, 1.82) is 0 Å². The number of rotatable bonds is 4. The van der Waals surface area contributed by atoms with Gasteiger partial charge >= 0.3 is 0 Å². The zero-order valence-corrected chi connectivity index (χ0v) is 13.5. The molecule has 1 rings (SSSR count). The van der Waals surface area contributed by atoms with Crippen LogP contribution in [0.3, 0.4) is 0 Å². The van der Waals surface area contributed by atoms with E-state index in [1.54, 1.807) is 0 Å². The number of hydrogen-bond donors (Lipinski definition) is 0. The molecule has 0 saturated carbocycles. The van der Waals surface area contributed by atoms with E-state index in [4.69, 9.17) is 4.74 Å². The quantitative estimate of drug-likeness (QED) is 0.755. The second-order valence-electron chi connectivity index (χ2n) is 3.56. The zero-order valence-electron chi connectivity index (χ0n) is 8.72. The van der Waals surface area contributed by atoms with Crippen LogP contribution in [0.5, 0.6) is 0 Å². The molecule has 0 aliphatic heterocycles. The van der Waals surface area contributed by atoms with Gasteiger partial charge in [0.2, 0.25) is 0 Å². The van der Waals surface area contributed by atoms with E-state index in [1.807, 2.05) is 31.8 Å². The van der Waals surface area contributed by atoms with Crippen LogP contribution in [0.15, 0.2) is 13.9 Å². The first kappa shape index (κ1) is 13.7. The van der Waals surface area contributed by atoms with Crippen molar-refractivity contribution in [2.24, 2.45) is 0 Å². The van der Waals surface area contributed by atoms with Crippen LogP contribution in [0, 0.1) is 6.42 Å². The average Bonchev–Trinajstić information content (AvgIpc) is 2.39. The number of aromatic nitrogens is 2. The number of halogens is 3. The van der Waals surface area contributed by atoms with E-state index in [-0.39, 0.29) is 5.60 Å². The Hall–Kier alpha value is 0.610. The molecule has 3 nitrogen and oxygen atoms in total. The molecule has 0 aromatic carbocycles. The predicted molar refractivity (Wildman–Crippen MR) is 70.5 cm³/mol. The van der Waals surface area contributed by atoms with E-state index in [2.05, 4.69) is 52.8 Å². The largest absolute Gasteiger partial charge is 0.355 e. The summed E-state index contributed by atoms with van der Waals surface area (Å²) in [6.07, 6.45) is 2.01. The minimum Gasteiger partial charge on any atom is -0.355 e. The molecule has 85 valence electrons. The molecule has 0 bridgehead atoms. The van der Waals surface area contributed by atoms with Crippen molar-refractivity contribution in [3.8, 4) is 0 Å². The maximum Gasteiger partial charge on any atom is 0.181 e. The Morgan fingerprint density at radius 1 is 1.40 bits per heavy atom. The fourth-order valence-electron chi connectivity index (χ4n) is 0.804. The van der Waals surface area contributed by atoms with Gasteiger partial charge < -0.3 is 4.74 Å². The Labute approximate surface area is 115 Å². The SMILES string of the molecule is C[CH]C(C)(C)OCn1c(Br)nc(Br)c1Br. The van der Waals surface area contributed by atoms with Crippen molar-refractivity contribution < 1.29 is 4.74 Å². The first-order valence-corrected chi connectivity index (χ1v) is 6.77. The summed E-state index contributed by atoms with van der Waals surface area (Å²) in [6, 6.07) is 0.